The number of carbonyl (C=O) groups is 1. The summed E-state index contributed by atoms with van der Waals surface area (Å²) in [6, 6.07) is 6.35. The fourth-order valence-corrected chi connectivity index (χ4v) is 2.94. The van der Waals surface area contributed by atoms with Gasteiger partial charge in [0.2, 0.25) is 0 Å². The Kier molecular flexibility index (Phi) is 4.99. The molecule has 0 aromatic heterocycles. The summed E-state index contributed by atoms with van der Waals surface area (Å²) < 4.78 is 13.2. The lowest BCUT2D eigenvalue weighted by Gasteiger charge is -2.37. The van der Waals surface area contributed by atoms with Crippen LogP contribution in [0, 0.1) is 5.82 Å². The minimum absolute atomic E-state index is 0.127. The van der Waals surface area contributed by atoms with Crippen LogP contribution in [0.1, 0.15) is 46.0 Å². The molecule has 0 atom stereocenters. The van der Waals surface area contributed by atoms with E-state index >= 15 is 0 Å². The molecule has 1 aliphatic rings. The number of hydrogen-bond acceptors (Lipinski definition) is 1. The number of amides is 2. The Bertz CT molecular complexity index is 456. The summed E-state index contributed by atoms with van der Waals surface area (Å²) in [6.45, 7) is 4.06. The van der Waals surface area contributed by atoms with Gasteiger partial charge in [0.05, 0.1) is 0 Å². The van der Waals surface area contributed by atoms with Gasteiger partial charge in [-0.1, -0.05) is 25.3 Å². The first kappa shape index (κ1) is 14.8. The number of benzene rings is 1. The van der Waals surface area contributed by atoms with E-state index in [2.05, 4.69) is 5.32 Å². The van der Waals surface area contributed by atoms with E-state index in [1.165, 1.54) is 31.4 Å². The molecule has 0 unspecified atom stereocenters. The molecule has 1 N–H and O–H groups in total. The number of hydrogen-bond donors (Lipinski definition) is 1. The summed E-state index contributed by atoms with van der Waals surface area (Å²) in [6.07, 6.45) is 5.75. The van der Waals surface area contributed by atoms with Crippen molar-refractivity contribution in [3.8, 4) is 0 Å². The number of urea groups is 1. The van der Waals surface area contributed by atoms with E-state index in [1.54, 1.807) is 12.1 Å². The molecule has 0 aliphatic heterocycles. The zero-order valence-corrected chi connectivity index (χ0v) is 12.2. The average molecular weight is 278 g/mol. The Morgan fingerprint density at radius 2 is 2.00 bits per heavy atom. The molecule has 1 aromatic rings. The highest BCUT2D eigenvalue weighted by Gasteiger charge is 2.27. The van der Waals surface area contributed by atoms with Gasteiger partial charge < -0.3 is 10.2 Å². The molecular weight excluding hydrogens is 255 g/mol. The molecule has 2 amide bonds. The standard InChI is InChI=1S/C16H23FN2O/c1-12(2)19(15-9-4-3-5-10-15)16(20)18-14-8-6-7-13(17)11-14/h6-8,11-12,15H,3-5,9-10H2,1-2H3,(H,18,20). The lowest BCUT2D eigenvalue weighted by Crippen LogP contribution is -2.47. The molecule has 0 spiro atoms. The quantitative estimate of drug-likeness (QED) is 0.873. The zero-order valence-electron chi connectivity index (χ0n) is 12.2. The highest BCUT2D eigenvalue weighted by molar-refractivity contribution is 5.89. The van der Waals surface area contributed by atoms with Gasteiger partial charge in [-0.15, -0.1) is 0 Å². The molecule has 1 aromatic carbocycles. The van der Waals surface area contributed by atoms with Gasteiger partial charge in [0, 0.05) is 17.8 Å². The minimum Gasteiger partial charge on any atom is -0.319 e. The summed E-state index contributed by atoms with van der Waals surface area (Å²) in [7, 11) is 0. The SMILES string of the molecule is CC(C)N(C(=O)Nc1cccc(F)c1)C1CCCCC1. The van der Waals surface area contributed by atoms with Gasteiger partial charge in [-0.3, -0.25) is 0 Å². The fraction of sp³-hybridized carbons (Fsp3) is 0.562. The van der Waals surface area contributed by atoms with Gasteiger partial charge in [0.15, 0.2) is 0 Å². The highest BCUT2D eigenvalue weighted by atomic mass is 19.1. The molecule has 0 bridgehead atoms. The van der Waals surface area contributed by atoms with Gasteiger partial charge in [-0.2, -0.15) is 0 Å². The summed E-state index contributed by atoms with van der Waals surface area (Å²) in [4.78, 5) is 14.4. The Morgan fingerprint density at radius 1 is 1.30 bits per heavy atom. The zero-order chi connectivity index (χ0) is 14.5. The van der Waals surface area contributed by atoms with Crippen LogP contribution in [0.25, 0.3) is 0 Å². The van der Waals surface area contributed by atoms with Gasteiger partial charge in [-0.05, 0) is 44.9 Å². The lowest BCUT2D eigenvalue weighted by atomic mass is 9.93. The molecule has 110 valence electrons. The van der Waals surface area contributed by atoms with Crippen molar-refractivity contribution in [1.82, 2.24) is 4.90 Å². The first-order valence-electron chi connectivity index (χ1n) is 7.43. The smallest absolute Gasteiger partial charge is 0.319 e. The second-order valence-electron chi connectivity index (χ2n) is 5.73. The topological polar surface area (TPSA) is 32.3 Å². The molecule has 1 aliphatic carbocycles. The van der Waals surface area contributed by atoms with Crippen molar-refractivity contribution in [2.45, 2.75) is 58.0 Å². The van der Waals surface area contributed by atoms with Gasteiger partial charge in [0.1, 0.15) is 5.82 Å². The molecule has 20 heavy (non-hydrogen) atoms. The second kappa shape index (κ2) is 6.73. The fourth-order valence-electron chi connectivity index (χ4n) is 2.94. The average Bonchev–Trinajstić information content (AvgIpc) is 2.39. The first-order valence-corrected chi connectivity index (χ1v) is 7.43. The Morgan fingerprint density at radius 3 is 2.60 bits per heavy atom. The largest absolute Gasteiger partial charge is 0.322 e. The van der Waals surface area contributed by atoms with Crippen LogP contribution in [0.5, 0.6) is 0 Å². The maximum Gasteiger partial charge on any atom is 0.322 e. The number of nitrogens with zero attached hydrogens (tertiary/aromatic N) is 1. The van der Waals surface area contributed by atoms with Crippen molar-refractivity contribution < 1.29 is 9.18 Å². The van der Waals surface area contributed by atoms with Crippen molar-refractivity contribution in [3.05, 3.63) is 30.1 Å². The number of rotatable bonds is 3. The Labute approximate surface area is 120 Å². The van der Waals surface area contributed by atoms with Gasteiger partial charge in [-0.25, -0.2) is 9.18 Å². The van der Waals surface area contributed by atoms with Gasteiger partial charge >= 0.3 is 6.03 Å². The first-order chi connectivity index (χ1) is 9.58. The van der Waals surface area contributed by atoms with Crippen LogP contribution in [0.15, 0.2) is 24.3 Å². The maximum absolute atomic E-state index is 13.2. The number of halogens is 1. The predicted molar refractivity (Wildman–Crippen MR) is 79.3 cm³/mol. The van der Waals surface area contributed by atoms with Crippen LogP contribution < -0.4 is 5.32 Å². The minimum atomic E-state index is -0.337. The van der Waals surface area contributed by atoms with Crippen molar-refractivity contribution >= 4 is 11.7 Å². The van der Waals surface area contributed by atoms with Crippen LogP contribution in [-0.4, -0.2) is 23.0 Å². The van der Waals surface area contributed by atoms with Crippen LogP contribution >= 0.6 is 0 Å². The molecular formula is C16H23FN2O. The number of carbonyl (C=O) groups excluding carboxylic acids is 1. The molecule has 0 radical (unpaired) electrons. The van der Waals surface area contributed by atoms with E-state index in [1.807, 2.05) is 18.7 Å². The van der Waals surface area contributed by atoms with Crippen LogP contribution in [0.3, 0.4) is 0 Å². The Balaban J connectivity index is 2.06. The predicted octanol–water partition coefficient (Wildman–Crippen LogP) is 4.40. The normalized spacial score (nSPS) is 16.2. The third-order valence-electron chi connectivity index (χ3n) is 3.83. The van der Waals surface area contributed by atoms with Crippen molar-refractivity contribution in [2.24, 2.45) is 0 Å². The molecule has 1 saturated carbocycles. The molecule has 1 fully saturated rings. The molecule has 0 saturated heterocycles. The third kappa shape index (κ3) is 3.71. The van der Waals surface area contributed by atoms with Crippen molar-refractivity contribution in [2.75, 3.05) is 5.32 Å². The molecule has 3 nitrogen and oxygen atoms in total. The number of nitrogens with one attached hydrogen (secondary N) is 1. The Hall–Kier alpha value is -1.58. The van der Waals surface area contributed by atoms with E-state index in [0.717, 1.165) is 12.8 Å². The van der Waals surface area contributed by atoms with E-state index in [9.17, 15) is 9.18 Å². The molecule has 0 heterocycles. The molecule has 2 rings (SSSR count). The summed E-state index contributed by atoms with van der Waals surface area (Å²) >= 11 is 0. The third-order valence-corrected chi connectivity index (χ3v) is 3.83. The summed E-state index contributed by atoms with van der Waals surface area (Å²) in [5.74, 6) is -0.337. The van der Waals surface area contributed by atoms with Crippen LogP contribution in [0.4, 0.5) is 14.9 Å². The summed E-state index contributed by atoms with van der Waals surface area (Å²) in [5.41, 5.74) is 0.511. The van der Waals surface area contributed by atoms with Crippen molar-refractivity contribution in [3.63, 3.8) is 0 Å². The monoisotopic (exact) mass is 278 g/mol. The second-order valence-corrected chi connectivity index (χ2v) is 5.73. The van der Waals surface area contributed by atoms with Crippen molar-refractivity contribution in [1.29, 1.82) is 0 Å². The van der Waals surface area contributed by atoms with Gasteiger partial charge in [0.25, 0.3) is 0 Å². The van der Waals surface area contributed by atoms with E-state index in [0.29, 0.717) is 11.7 Å². The molecule has 4 heteroatoms. The van der Waals surface area contributed by atoms with E-state index in [4.69, 9.17) is 0 Å². The summed E-state index contributed by atoms with van der Waals surface area (Å²) in [5, 5.41) is 2.81. The maximum atomic E-state index is 13.2. The van der Waals surface area contributed by atoms with E-state index in [-0.39, 0.29) is 17.9 Å². The highest BCUT2D eigenvalue weighted by Crippen LogP contribution is 2.25. The van der Waals surface area contributed by atoms with Crippen LogP contribution in [-0.2, 0) is 0 Å². The van der Waals surface area contributed by atoms with Crippen LogP contribution in [0.2, 0.25) is 0 Å². The number of anilines is 1. The van der Waals surface area contributed by atoms with E-state index < -0.39 is 0 Å². The lowest BCUT2D eigenvalue weighted by molar-refractivity contribution is 0.145.